The van der Waals surface area contributed by atoms with Gasteiger partial charge in [-0.2, -0.15) is 0 Å². The van der Waals surface area contributed by atoms with Crippen molar-refractivity contribution in [1.29, 1.82) is 0 Å². The van der Waals surface area contributed by atoms with Crippen molar-refractivity contribution in [3.8, 4) is 0 Å². The van der Waals surface area contributed by atoms with Gasteiger partial charge in [0, 0.05) is 0 Å². The highest BCUT2D eigenvalue weighted by atomic mass is 35.5. The van der Waals surface area contributed by atoms with E-state index >= 15 is 0 Å². The highest BCUT2D eigenvalue weighted by Gasteiger charge is 2.35. The van der Waals surface area contributed by atoms with E-state index in [0.29, 0.717) is 11.0 Å². The van der Waals surface area contributed by atoms with Crippen molar-refractivity contribution >= 4 is 23.3 Å². The van der Waals surface area contributed by atoms with Crippen LogP contribution < -0.4 is 11.1 Å². The van der Waals surface area contributed by atoms with Crippen LogP contribution in [0.1, 0.15) is 32.1 Å². The molecule has 0 bridgehead atoms. The van der Waals surface area contributed by atoms with E-state index in [4.69, 9.17) is 17.3 Å². The molecule has 1 heterocycles. The van der Waals surface area contributed by atoms with Crippen LogP contribution in [0.25, 0.3) is 0 Å². The van der Waals surface area contributed by atoms with Gasteiger partial charge in [0.25, 0.3) is 0 Å². The van der Waals surface area contributed by atoms with E-state index in [1.54, 1.807) is 12.1 Å². The van der Waals surface area contributed by atoms with Crippen molar-refractivity contribution in [1.82, 2.24) is 10.2 Å². The molecule has 92 valence electrons. The molecular formula is C11H15ClN4O. The third-order valence-electron chi connectivity index (χ3n) is 3.07. The second-order valence-corrected chi connectivity index (χ2v) is 4.80. The largest absolute Gasteiger partial charge is 0.317 e. The maximum atomic E-state index is 12.0. The van der Waals surface area contributed by atoms with E-state index in [0.717, 1.165) is 32.1 Å². The molecule has 6 heteroatoms. The summed E-state index contributed by atoms with van der Waals surface area (Å²) in [7, 11) is 0. The summed E-state index contributed by atoms with van der Waals surface area (Å²) in [5.74, 6) is 0.198. The van der Waals surface area contributed by atoms with Crippen molar-refractivity contribution in [2.75, 3.05) is 5.32 Å². The molecule has 0 atom stereocenters. The SMILES string of the molecule is NC1(C(=O)Nc2ccc(Cl)nn2)CCCCC1. The highest BCUT2D eigenvalue weighted by molar-refractivity contribution is 6.29. The molecule has 0 spiro atoms. The molecule has 1 aliphatic rings. The Morgan fingerprint density at radius 3 is 2.59 bits per heavy atom. The molecule has 1 saturated carbocycles. The van der Waals surface area contributed by atoms with Gasteiger partial charge >= 0.3 is 0 Å². The van der Waals surface area contributed by atoms with Gasteiger partial charge in [-0.15, -0.1) is 10.2 Å². The molecule has 3 N–H and O–H groups in total. The predicted octanol–water partition coefficient (Wildman–Crippen LogP) is 1.73. The number of aromatic nitrogens is 2. The Kier molecular flexibility index (Phi) is 3.59. The summed E-state index contributed by atoms with van der Waals surface area (Å²) in [6.07, 6.45) is 4.58. The molecule has 17 heavy (non-hydrogen) atoms. The molecule has 1 aromatic rings. The lowest BCUT2D eigenvalue weighted by Gasteiger charge is -2.31. The van der Waals surface area contributed by atoms with Crippen LogP contribution in [-0.2, 0) is 4.79 Å². The van der Waals surface area contributed by atoms with E-state index in [2.05, 4.69) is 15.5 Å². The summed E-state index contributed by atoms with van der Waals surface area (Å²) < 4.78 is 0. The normalized spacial score (nSPS) is 18.7. The van der Waals surface area contributed by atoms with Gasteiger partial charge in [0.05, 0.1) is 5.54 Å². The molecule has 2 rings (SSSR count). The molecule has 0 aromatic carbocycles. The van der Waals surface area contributed by atoms with Gasteiger partial charge in [-0.05, 0) is 25.0 Å². The first-order valence-electron chi connectivity index (χ1n) is 5.70. The minimum Gasteiger partial charge on any atom is -0.317 e. The Balaban J connectivity index is 2.03. The van der Waals surface area contributed by atoms with E-state index in [1.165, 1.54) is 0 Å². The fourth-order valence-corrected chi connectivity index (χ4v) is 2.13. The summed E-state index contributed by atoms with van der Waals surface area (Å²) >= 11 is 5.61. The van der Waals surface area contributed by atoms with Crippen LogP contribution in [0.3, 0.4) is 0 Å². The number of nitrogens with two attached hydrogens (primary N) is 1. The Bertz CT molecular complexity index is 400. The maximum absolute atomic E-state index is 12.0. The summed E-state index contributed by atoms with van der Waals surface area (Å²) in [5, 5.41) is 10.4. The number of carbonyl (C=O) groups is 1. The second kappa shape index (κ2) is 4.98. The number of carbonyl (C=O) groups excluding carboxylic acids is 1. The first-order chi connectivity index (χ1) is 8.10. The first kappa shape index (κ1) is 12.3. The van der Waals surface area contributed by atoms with Crippen LogP contribution in [0.2, 0.25) is 5.15 Å². The van der Waals surface area contributed by atoms with Gasteiger partial charge in [0.1, 0.15) is 0 Å². The number of nitrogens with one attached hydrogen (secondary N) is 1. The molecule has 5 nitrogen and oxygen atoms in total. The van der Waals surface area contributed by atoms with Crippen molar-refractivity contribution in [3.63, 3.8) is 0 Å². The minimum atomic E-state index is -0.764. The van der Waals surface area contributed by atoms with Gasteiger partial charge in [-0.1, -0.05) is 30.9 Å². The highest BCUT2D eigenvalue weighted by Crippen LogP contribution is 2.26. The van der Waals surface area contributed by atoms with E-state index in [9.17, 15) is 4.79 Å². The predicted molar refractivity (Wildman–Crippen MR) is 65.7 cm³/mol. The maximum Gasteiger partial charge on any atom is 0.245 e. The molecule has 1 aromatic heterocycles. The average Bonchev–Trinajstić information content (AvgIpc) is 2.33. The molecule has 0 saturated heterocycles. The quantitative estimate of drug-likeness (QED) is 0.842. The van der Waals surface area contributed by atoms with Crippen molar-refractivity contribution in [2.24, 2.45) is 5.73 Å². The van der Waals surface area contributed by atoms with Gasteiger partial charge < -0.3 is 11.1 Å². The van der Waals surface area contributed by atoms with Gasteiger partial charge in [-0.3, -0.25) is 4.79 Å². The van der Waals surface area contributed by atoms with Gasteiger partial charge in [0.2, 0.25) is 5.91 Å². The lowest BCUT2D eigenvalue weighted by atomic mass is 9.82. The van der Waals surface area contributed by atoms with Crippen LogP contribution >= 0.6 is 11.6 Å². The number of hydrogen-bond donors (Lipinski definition) is 2. The zero-order valence-electron chi connectivity index (χ0n) is 9.45. The number of hydrogen-bond acceptors (Lipinski definition) is 4. The van der Waals surface area contributed by atoms with Gasteiger partial charge in [-0.25, -0.2) is 0 Å². The third-order valence-corrected chi connectivity index (χ3v) is 3.27. The number of anilines is 1. The van der Waals surface area contributed by atoms with E-state index in [-0.39, 0.29) is 5.91 Å². The van der Waals surface area contributed by atoms with Gasteiger partial charge in [0.15, 0.2) is 11.0 Å². The zero-order valence-corrected chi connectivity index (χ0v) is 10.2. The Morgan fingerprint density at radius 2 is 2.00 bits per heavy atom. The van der Waals surface area contributed by atoms with Crippen LogP contribution in [0.5, 0.6) is 0 Å². The molecule has 0 aliphatic heterocycles. The first-order valence-corrected chi connectivity index (χ1v) is 6.07. The standard InChI is InChI=1S/C11H15ClN4O/c12-8-4-5-9(16-15-8)14-10(17)11(13)6-2-1-3-7-11/h4-5H,1-3,6-7,13H2,(H,14,16,17). The summed E-state index contributed by atoms with van der Waals surface area (Å²) in [6, 6.07) is 3.19. The lowest BCUT2D eigenvalue weighted by Crippen LogP contribution is -2.52. The van der Waals surface area contributed by atoms with E-state index in [1.807, 2.05) is 0 Å². The lowest BCUT2D eigenvalue weighted by molar-refractivity contribution is -0.122. The monoisotopic (exact) mass is 254 g/mol. The molecular weight excluding hydrogens is 240 g/mol. The third kappa shape index (κ3) is 2.92. The van der Waals surface area contributed by atoms with Crippen LogP contribution in [-0.4, -0.2) is 21.6 Å². The molecule has 1 amide bonds. The Morgan fingerprint density at radius 1 is 1.29 bits per heavy atom. The van der Waals surface area contributed by atoms with Crippen molar-refractivity contribution < 1.29 is 4.79 Å². The number of rotatable bonds is 2. The van der Waals surface area contributed by atoms with Crippen LogP contribution in [0.15, 0.2) is 12.1 Å². The van der Waals surface area contributed by atoms with Crippen molar-refractivity contribution in [3.05, 3.63) is 17.3 Å². The van der Waals surface area contributed by atoms with Crippen LogP contribution in [0, 0.1) is 0 Å². The zero-order chi connectivity index (χ0) is 12.3. The second-order valence-electron chi connectivity index (χ2n) is 4.41. The summed E-state index contributed by atoms with van der Waals surface area (Å²) in [5.41, 5.74) is 5.33. The smallest absolute Gasteiger partial charge is 0.245 e. The molecule has 1 fully saturated rings. The fraction of sp³-hybridized carbons (Fsp3) is 0.545. The molecule has 0 radical (unpaired) electrons. The van der Waals surface area contributed by atoms with Crippen LogP contribution in [0.4, 0.5) is 5.82 Å². The Hall–Kier alpha value is -1.20. The topological polar surface area (TPSA) is 80.9 Å². The summed E-state index contributed by atoms with van der Waals surface area (Å²) in [4.78, 5) is 12.0. The molecule has 0 unspecified atom stereocenters. The number of halogens is 1. The summed E-state index contributed by atoms with van der Waals surface area (Å²) in [6.45, 7) is 0. The van der Waals surface area contributed by atoms with E-state index < -0.39 is 5.54 Å². The number of amides is 1. The fourth-order valence-electron chi connectivity index (χ4n) is 2.03. The average molecular weight is 255 g/mol. The minimum absolute atomic E-state index is 0.186. The molecule has 1 aliphatic carbocycles. The van der Waals surface area contributed by atoms with Crippen molar-refractivity contribution in [2.45, 2.75) is 37.6 Å². The number of nitrogens with zero attached hydrogens (tertiary/aromatic N) is 2. The Labute approximate surface area is 105 Å².